The Bertz CT molecular complexity index is 1020. The van der Waals surface area contributed by atoms with Crippen LogP contribution in [0.25, 0.3) is 0 Å². The second-order valence-electron chi connectivity index (χ2n) is 6.58. The zero-order valence-corrected chi connectivity index (χ0v) is 17.9. The van der Waals surface area contributed by atoms with Crippen LogP contribution >= 0.6 is 0 Å². The van der Waals surface area contributed by atoms with Crippen LogP contribution in [0.3, 0.4) is 0 Å². The number of nitrogens with two attached hydrogens (primary N) is 1. The molecule has 3 N–H and O–H groups in total. The van der Waals surface area contributed by atoms with Crippen LogP contribution in [0.2, 0.25) is 0 Å². The summed E-state index contributed by atoms with van der Waals surface area (Å²) in [7, 11) is 4.78. The lowest BCUT2D eigenvalue weighted by Crippen LogP contribution is -2.23. The van der Waals surface area contributed by atoms with Crippen molar-refractivity contribution >= 4 is 11.6 Å². The number of ether oxygens (including phenoxy) is 4. The molecule has 0 saturated heterocycles. The standard InChI is InChI=1S/C24H27N3O4/c1-28-21-13-12-17(22(29-2)23(21)30-3)14-15-26-24(25)27-18-8-7-11-20(16-18)31-19-9-5-4-6-10-19/h4-13,16H,14-15H2,1-3H3,(H3,25,26,27). The third kappa shape index (κ3) is 5.82. The van der Waals surface area contributed by atoms with Crippen LogP contribution in [0.1, 0.15) is 5.56 Å². The molecule has 0 radical (unpaired) electrons. The number of rotatable bonds is 9. The molecule has 31 heavy (non-hydrogen) atoms. The van der Waals surface area contributed by atoms with Crippen LogP contribution in [0.5, 0.6) is 28.7 Å². The first kappa shape index (κ1) is 21.8. The van der Waals surface area contributed by atoms with Crippen molar-refractivity contribution in [3.05, 3.63) is 72.3 Å². The van der Waals surface area contributed by atoms with E-state index < -0.39 is 0 Å². The molecule has 0 heterocycles. The van der Waals surface area contributed by atoms with E-state index in [-0.39, 0.29) is 0 Å². The molecule has 0 saturated carbocycles. The Morgan fingerprint density at radius 1 is 0.839 bits per heavy atom. The van der Waals surface area contributed by atoms with Gasteiger partial charge in [-0.3, -0.25) is 4.99 Å². The normalized spacial score (nSPS) is 11.0. The Morgan fingerprint density at radius 3 is 2.29 bits per heavy atom. The van der Waals surface area contributed by atoms with Crippen molar-refractivity contribution in [2.75, 3.05) is 33.2 Å². The van der Waals surface area contributed by atoms with E-state index in [9.17, 15) is 0 Å². The summed E-state index contributed by atoms with van der Waals surface area (Å²) in [5.74, 6) is 3.60. The summed E-state index contributed by atoms with van der Waals surface area (Å²) >= 11 is 0. The summed E-state index contributed by atoms with van der Waals surface area (Å²) in [5.41, 5.74) is 7.81. The van der Waals surface area contributed by atoms with Gasteiger partial charge >= 0.3 is 0 Å². The van der Waals surface area contributed by atoms with Crippen molar-refractivity contribution in [3.63, 3.8) is 0 Å². The number of nitrogens with one attached hydrogen (secondary N) is 1. The molecule has 162 valence electrons. The molecule has 0 atom stereocenters. The zero-order chi connectivity index (χ0) is 22.1. The highest BCUT2D eigenvalue weighted by atomic mass is 16.5. The Labute approximate surface area is 182 Å². The summed E-state index contributed by atoms with van der Waals surface area (Å²) in [4.78, 5) is 4.42. The van der Waals surface area contributed by atoms with Gasteiger partial charge in [-0.15, -0.1) is 0 Å². The van der Waals surface area contributed by atoms with E-state index in [4.69, 9.17) is 24.7 Å². The van der Waals surface area contributed by atoms with Gasteiger partial charge in [0.1, 0.15) is 11.5 Å². The molecule has 0 bridgehead atoms. The lowest BCUT2D eigenvalue weighted by atomic mass is 10.1. The zero-order valence-electron chi connectivity index (χ0n) is 17.9. The average molecular weight is 421 g/mol. The summed E-state index contributed by atoms with van der Waals surface area (Å²) in [5, 5.41) is 3.10. The summed E-state index contributed by atoms with van der Waals surface area (Å²) in [6, 6.07) is 20.9. The molecule has 0 unspecified atom stereocenters. The molecule has 7 nitrogen and oxygen atoms in total. The molecule has 3 rings (SSSR count). The lowest BCUT2D eigenvalue weighted by Gasteiger charge is -2.15. The first-order chi connectivity index (χ1) is 15.1. The van der Waals surface area contributed by atoms with Crippen LogP contribution < -0.4 is 30.0 Å². The predicted octanol–water partition coefficient (Wildman–Crippen LogP) is 4.47. The van der Waals surface area contributed by atoms with Gasteiger partial charge in [0.2, 0.25) is 5.75 Å². The number of anilines is 1. The number of nitrogens with zero attached hydrogens (tertiary/aromatic N) is 1. The largest absolute Gasteiger partial charge is 0.493 e. The predicted molar refractivity (Wildman–Crippen MR) is 123 cm³/mol. The maximum atomic E-state index is 6.07. The van der Waals surface area contributed by atoms with E-state index in [1.165, 1.54) is 0 Å². The maximum Gasteiger partial charge on any atom is 0.203 e. The van der Waals surface area contributed by atoms with Gasteiger partial charge in [-0.25, -0.2) is 0 Å². The monoisotopic (exact) mass is 421 g/mol. The smallest absolute Gasteiger partial charge is 0.203 e. The molecule has 0 aliphatic heterocycles. The number of para-hydroxylation sites is 1. The van der Waals surface area contributed by atoms with Gasteiger partial charge in [0.05, 0.1) is 21.3 Å². The van der Waals surface area contributed by atoms with Gasteiger partial charge in [-0.2, -0.15) is 0 Å². The third-order valence-electron chi connectivity index (χ3n) is 4.53. The minimum absolute atomic E-state index is 0.316. The molecule has 3 aromatic rings. The van der Waals surface area contributed by atoms with Gasteiger partial charge in [0, 0.05) is 23.9 Å². The topological polar surface area (TPSA) is 87.3 Å². The SMILES string of the molecule is COc1ccc(CCN=C(N)Nc2cccc(Oc3ccccc3)c2)c(OC)c1OC. The number of benzene rings is 3. The molecule has 0 spiro atoms. The van der Waals surface area contributed by atoms with Crippen LogP contribution in [-0.4, -0.2) is 33.8 Å². The number of hydrogen-bond acceptors (Lipinski definition) is 5. The van der Waals surface area contributed by atoms with Crippen molar-refractivity contribution in [1.82, 2.24) is 0 Å². The van der Waals surface area contributed by atoms with E-state index >= 15 is 0 Å². The quantitative estimate of drug-likeness (QED) is 0.391. The van der Waals surface area contributed by atoms with Crippen LogP contribution in [-0.2, 0) is 6.42 Å². The van der Waals surface area contributed by atoms with Crippen LogP contribution in [0.15, 0.2) is 71.7 Å². The van der Waals surface area contributed by atoms with Gasteiger partial charge in [0.25, 0.3) is 0 Å². The molecule has 3 aromatic carbocycles. The Morgan fingerprint density at radius 2 is 1.58 bits per heavy atom. The van der Waals surface area contributed by atoms with Gasteiger partial charge < -0.3 is 30.0 Å². The summed E-state index contributed by atoms with van der Waals surface area (Å²) in [6.07, 6.45) is 0.628. The Kier molecular flexibility index (Phi) is 7.59. The average Bonchev–Trinajstić information content (AvgIpc) is 2.79. The summed E-state index contributed by atoms with van der Waals surface area (Å²) < 4.78 is 22.1. The fraction of sp³-hybridized carbons (Fsp3) is 0.208. The van der Waals surface area contributed by atoms with Crippen molar-refractivity contribution < 1.29 is 18.9 Å². The first-order valence-corrected chi connectivity index (χ1v) is 9.82. The molecular formula is C24H27N3O4. The lowest BCUT2D eigenvalue weighted by molar-refractivity contribution is 0.322. The second kappa shape index (κ2) is 10.8. The van der Waals surface area contributed by atoms with E-state index in [1.807, 2.05) is 66.7 Å². The fourth-order valence-corrected chi connectivity index (χ4v) is 3.11. The minimum atomic E-state index is 0.316. The molecular weight excluding hydrogens is 394 g/mol. The molecule has 0 aliphatic carbocycles. The van der Waals surface area contributed by atoms with Crippen LogP contribution in [0.4, 0.5) is 5.69 Å². The number of guanidine groups is 1. The molecule has 0 aromatic heterocycles. The number of methoxy groups -OCH3 is 3. The summed E-state index contributed by atoms with van der Waals surface area (Å²) in [6.45, 7) is 0.477. The highest BCUT2D eigenvalue weighted by Crippen LogP contribution is 2.39. The van der Waals surface area contributed by atoms with Crippen molar-refractivity contribution in [2.24, 2.45) is 10.7 Å². The number of aliphatic imine (C=N–C) groups is 1. The molecule has 0 amide bonds. The molecule has 0 aliphatic rings. The minimum Gasteiger partial charge on any atom is -0.493 e. The van der Waals surface area contributed by atoms with Gasteiger partial charge in [0.15, 0.2) is 17.5 Å². The Hall–Kier alpha value is -3.87. The molecule has 0 fully saturated rings. The first-order valence-electron chi connectivity index (χ1n) is 9.82. The van der Waals surface area contributed by atoms with E-state index in [1.54, 1.807) is 21.3 Å². The van der Waals surface area contributed by atoms with E-state index in [2.05, 4.69) is 10.3 Å². The van der Waals surface area contributed by atoms with Crippen molar-refractivity contribution in [1.29, 1.82) is 0 Å². The van der Waals surface area contributed by atoms with Gasteiger partial charge in [-0.1, -0.05) is 30.3 Å². The van der Waals surface area contributed by atoms with E-state index in [0.717, 1.165) is 17.0 Å². The second-order valence-corrected chi connectivity index (χ2v) is 6.58. The maximum absolute atomic E-state index is 6.07. The fourth-order valence-electron chi connectivity index (χ4n) is 3.11. The Balaban J connectivity index is 1.62. The van der Waals surface area contributed by atoms with E-state index in [0.29, 0.717) is 41.9 Å². The highest BCUT2D eigenvalue weighted by Gasteiger charge is 2.15. The highest BCUT2D eigenvalue weighted by molar-refractivity contribution is 5.92. The van der Waals surface area contributed by atoms with Gasteiger partial charge in [-0.05, 0) is 36.8 Å². The molecule has 7 heteroatoms. The third-order valence-corrected chi connectivity index (χ3v) is 4.53. The van der Waals surface area contributed by atoms with Crippen molar-refractivity contribution in [2.45, 2.75) is 6.42 Å². The van der Waals surface area contributed by atoms with Crippen molar-refractivity contribution in [3.8, 4) is 28.7 Å². The van der Waals surface area contributed by atoms with Crippen LogP contribution in [0, 0.1) is 0 Å². The number of hydrogen-bond donors (Lipinski definition) is 2.